The topological polar surface area (TPSA) is 17.3 Å². The van der Waals surface area contributed by atoms with E-state index in [9.17, 15) is 0 Å². The highest BCUT2D eigenvalue weighted by Crippen LogP contribution is 2.44. The molecule has 2 heteroatoms. The molecule has 0 aliphatic heterocycles. The number of nitrogens with zero attached hydrogens (tertiary/aromatic N) is 2. The van der Waals surface area contributed by atoms with Crippen molar-refractivity contribution in [1.29, 1.82) is 0 Å². The van der Waals surface area contributed by atoms with E-state index in [-0.39, 0.29) is 0 Å². The molecule has 0 saturated heterocycles. The van der Waals surface area contributed by atoms with E-state index in [1.807, 2.05) is 0 Å². The Balaban J connectivity index is 1.11. The molecule has 10 aromatic rings. The highest BCUT2D eigenvalue weighted by atomic mass is 15.0. The molecule has 0 saturated carbocycles. The fourth-order valence-corrected chi connectivity index (χ4v) is 8.13. The van der Waals surface area contributed by atoms with Gasteiger partial charge in [-0.05, 0) is 90.7 Å². The lowest BCUT2D eigenvalue weighted by molar-refractivity contribution is 1.23. The van der Waals surface area contributed by atoms with E-state index in [1.54, 1.807) is 0 Å². The van der Waals surface area contributed by atoms with Crippen LogP contribution in [0.4, 0.5) is 0 Å². The van der Waals surface area contributed by atoms with Gasteiger partial charge in [0.05, 0.1) is 11.0 Å². The van der Waals surface area contributed by atoms with Crippen molar-refractivity contribution >= 4 is 50.8 Å². The van der Waals surface area contributed by atoms with Gasteiger partial charge in [-0.1, -0.05) is 200 Å². The van der Waals surface area contributed by atoms with E-state index in [0.717, 1.165) is 44.5 Å². The van der Waals surface area contributed by atoms with E-state index < -0.39 is 0 Å². The molecule has 10 rings (SSSR count). The zero-order valence-corrected chi connectivity index (χ0v) is 31.3. The Morgan fingerprint density at radius 1 is 0.368 bits per heavy atom. The van der Waals surface area contributed by atoms with Gasteiger partial charge in [0.25, 0.3) is 0 Å². The molecule has 268 valence electrons. The van der Waals surface area contributed by atoms with Crippen LogP contribution in [0.3, 0.4) is 0 Å². The van der Waals surface area contributed by atoms with Crippen molar-refractivity contribution in [2.24, 2.45) is 0 Å². The van der Waals surface area contributed by atoms with Crippen LogP contribution in [0.2, 0.25) is 0 Å². The third-order valence-corrected chi connectivity index (χ3v) is 10.8. The lowest BCUT2D eigenvalue weighted by Crippen LogP contribution is -1.93. The largest absolute Gasteiger partial charge is 0.299 e. The van der Waals surface area contributed by atoms with Gasteiger partial charge in [-0.15, -0.1) is 0 Å². The number of rotatable bonds is 8. The molecule has 0 aliphatic rings. The second-order valence-corrected chi connectivity index (χ2v) is 14.4. The molecule has 0 amide bonds. The predicted octanol–water partition coefficient (Wildman–Crippen LogP) is 14.2. The summed E-state index contributed by atoms with van der Waals surface area (Å²) in [5.41, 5.74) is 17.1. The standard InChI is InChI=1S/C55H38N2/c1-5-17-41(18-6-1)49(42-19-7-2-8-20-42)37-39-28-32-45(33-29-39)52-47-25-13-14-26-48(47)53(55-54(52)56-51-27-15-16-36-57(51)55)46-34-30-40(31-35-46)38-50(43-21-9-3-10-22-43)44-23-11-4-12-24-44/h1-38H. The van der Waals surface area contributed by atoms with Gasteiger partial charge in [0.2, 0.25) is 0 Å². The number of hydrogen-bond donors (Lipinski definition) is 0. The Morgan fingerprint density at radius 2 is 0.754 bits per heavy atom. The number of benzene rings is 8. The van der Waals surface area contributed by atoms with Crippen molar-refractivity contribution in [3.8, 4) is 22.3 Å². The van der Waals surface area contributed by atoms with Crippen LogP contribution < -0.4 is 0 Å². The Labute approximate surface area is 333 Å². The van der Waals surface area contributed by atoms with E-state index >= 15 is 0 Å². The van der Waals surface area contributed by atoms with Crippen molar-refractivity contribution in [3.63, 3.8) is 0 Å². The van der Waals surface area contributed by atoms with Gasteiger partial charge >= 0.3 is 0 Å². The minimum Gasteiger partial charge on any atom is -0.299 e. The Morgan fingerprint density at radius 3 is 1.21 bits per heavy atom. The summed E-state index contributed by atoms with van der Waals surface area (Å²) in [5, 5.41) is 2.38. The molecule has 0 radical (unpaired) electrons. The molecule has 0 unspecified atom stereocenters. The predicted molar refractivity (Wildman–Crippen MR) is 241 cm³/mol. The zero-order valence-electron chi connectivity index (χ0n) is 31.3. The average Bonchev–Trinajstić information content (AvgIpc) is 3.67. The lowest BCUT2D eigenvalue weighted by atomic mass is 9.89. The molecule has 57 heavy (non-hydrogen) atoms. The van der Waals surface area contributed by atoms with Gasteiger partial charge in [0, 0.05) is 17.3 Å². The van der Waals surface area contributed by atoms with Gasteiger partial charge in [-0.25, -0.2) is 4.98 Å². The van der Waals surface area contributed by atoms with Crippen molar-refractivity contribution in [3.05, 3.63) is 252 Å². The highest BCUT2D eigenvalue weighted by molar-refractivity contribution is 6.20. The average molecular weight is 727 g/mol. The molecule has 0 fully saturated rings. The van der Waals surface area contributed by atoms with Crippen molar-refractivity contribution < 1.29 is 0 Å². The van der Waals surface area contributed by atoms with Crippen molar-refractivity contribution in [1.82, 2.24) is 9.38 Å². The van der Waals surface area contributed by atoms with Gasteiger partial charge in [-0.2, -0.15) is 0 Å². The summed E-state index contributed by atoms with van der Waals surface area (Å²) in [5.74, 6) is 0. The van der Waals surface area contributed by atoms with E-state index in [1.165, 1.54) is 49.7 Å². The number of pyridine rings is 1. The SMILES string of the molecule is C(=C(c1ccccc1)c1ccccc1)c1ccc(-c2c3ccccc3c(-c3ccc(C=C(c4ccccc4)c4ccccc4)cc3)c3c2nc2ccccn23)cc1. The third kappa shape index (κ3) is 6.54. The van der Waals surface area contributed by atoms with E-state index in [0.29, 0.717) is 0 Å². The van der Waals surface area contributed by atoms with Crippen LogP contribution in [-0.4, -0.2) is 9.38 Å². The van der Waals surface area contributed by atoms with Crippen molar-refractivity contribution in [2.75, 3.05) is 0 Å². The fourth-order valence-electron chi connectivity index (χ4n) is 8.13. The summed E-state index contributed by atoms with van der Waals surface area (Å²) in [6, 6.07) is 75.5. The highest BCUT2D eigenvalue weighted by Gasteiger charge is 2.21. The molecule has 0 N–H and O–H groups in total. The molecule has 2 aromatic heterocycles. The number of hydrogen-bond acceptors (Lipinski definition) is 1. The van der Waals surface area contributed by atoms with Gasteiger partial charge in [0.1, 0.15) is 5.65 Å². The Bertz CT molecular complexity index is 2970. The maximum atomic E-state index is 5.34. The lowest BCUT2D eigenvalue weighted by Gasteiger charge is -2.16. The quantitative estimate of drug-likeness (QED) is 0.143. The summed E-state index contributed by atoms with van der Waals surface area (Å²) in [6.07, 6.45) is 6.72. The van der Waals surface area contributed by atoms with Gasteiger partial charge in [0.15, 0.2) is 0 Å². The fraction of sp³-hybridized carbons (Fsp3) is 0. The first-order valence-electron chi connectivity index (χ1n) is 19.5. The molecule has 0 spiro atoms. The Kier molecular flexibility index (Phi) is 8.91. The van der Waals surface area contributed by atoms with Gasteiger partial charge < -0.3 is 0 Å². The molecule has 2 nitrogen and oxygen atoms in total. The molecule has 0 aliphatic carbocycles. The first-order chi connectivity index (χ1) is 28.3. The van der Waals surface area contributed by atoms with Crippen LogP contribution in [0.5, 0.6) is 0 Å². The summed E-state index contributed by atoms with van der Waals surface area (Å²) < 4.78 is 2.25. The third-order valence-electron chi connectivity index (χ3n) is 10.8. The number of aromatic nitrogens is 2. The summed E-state index contributed by atoms with van der Waals surface area (Å²) in [6.45, 7) is 0. The first-order valence-corrected chi connectivity index (χ1v) is 19.5. The Hall–Kier alpha value is -7.55. The summed E-state index contributed by atoms with van der Waals surface area (Å²) >= 11 is 0. The normalized spacial score (nSPS) is 11.2. The van der Waals surface area contributed by atoms with Crippen LogP contribution >= 0.6 is 0 Å². The van der Waals surface area contributed by atoms with E-state index in [2.05, 4.69) is 235 Å². The zero-order chi connectivity index (χ0) is 38.0. The minimum absolute atomic E-state index is 0.926. The van der Waals surface area contributed by atoms with Crippen LogP contribution in [0.25, 0.3) is 73.0 Å². The van der Waals surface area contributed by atoms with Crippen molar-refractivity contribution in [2.45, 2.75) is 0 Å². The smallest absolute Gasteiger partial charge is 0.137 e. The molecular formula is C55H38N2. The number of imidazole rings is 1. The first kappa shape index (κ1) is 34.0. The molecule has 0 bridgehead atoms. The summed E-state index contributed by atoms with van der Waals surface area (Å²) in [7, 11) is 0. The van der Waals surface area contributed by atoms with Crippen LogP contribution in [0, 0.1) is 0 Å². The molecule has 2 heterocycles. The second-order valence-electron chi connectivity index (χ2n) is 14.4. The van der Waals surface area contributed by atoms with Crippen LogP contribution in [-0.2, 0) is 0 Å². The second kappa shape index (κ2) is 14.9. The number of fused-ring (bicyclic) bond motifs is 4. The van der Waals surface area contributed by atoms with Gasteiger partial charge in [-0.3, -0.25) is 4.40 Å². The molecule has 0 atom stereocenters. The maximum Gasteiger partial charge on any atom is 0.137 e. The van der Waals surface area contributed by atoms with E-state index in [4.69, 9.17) is 4.98 Å². The molecular weight excluding hydrogens is 689 g/mol. The maximum absolute atomic E-state index is 5.34. The van der Waals surface area contributed by atoms with Crippen LogP contribution in [0.1, 0.15) is 33.4 Å². The monoisotopic (exact) mass is 726 g/mol. The molecule has 8 aromatic carbocycles. The summed E-state index contributed by atoms with van der Waals surface area (Å²) in [4.78, 5) is 5.34. The van der Waals surface area contributed by atoms with Crippen LogP contribution in [0.15, 0.2) is 219 Å². The minimum atomic E-state index is 0.926.